The monoisotopic (exact) mass is 360 g/mol. The van der Waals surface area contributed by atoms with Gasteiger partial charge in [0.1, 0.15) is 0 Å². The van der Waals surface area contributed by atoms with E-state index in [0.29, 0.717) is 16.7 Å². The molecule has 0 N–H and O–H groups in total. The molecule has 1 aliphatic heterocycles. The van der Waals surface area contributed by atoms with Gasteiger partial charge in [-0.1, -0.05) is 39.3 Å². The van der Waals surface area contributed by atoms with Crippen molar-refractivity contribution >= 4 is 0 Å². The molecule has 2 heteroatoms. The summed E-state index contributed by atoms with van der Waals surface area (Å²) >= 11 is 0. The molecule has 3 saturated carbocycles. The molecule has 26 heavy (non-hydrogen) atoms. The summed E-state index contributed by atoms with van der Waals surface area (Å²) in [5.41, 5.74) is 2.61. The molecule has 2 nitrogen and oxygen atoms in total. The Balaban J connectivity index is 0.000000814. The van der Waals surface area contributed by atoms with Crippen LogP contribution in [-0.2, 0) is 9.47 Å². The van der Waals surface area contributed by atoms with E-state index in [1.165, 1.54) is 44.9 Å². The highest BCUT2D eigenvalue weighted by Crippen LogP contribution is 2.68. The van der Waals surface area contributed by atoms with Crippen LogP contribution in [-0.4, -0.2) is 19.0 Å². The third kappa shape index (κ3) is 2.43. The Morgan fingerprint density at radius 2 is 1.65 bits per heavy atom. The molecule has 0 bridgehead atoms. The van der Waals surface area contributed by atoms with Crippen molar-refractivity contribution in [2.75, 3.05) is 13.2 Å². The van der Waals surface area contributed by atoms with E-state index >= 15 is 0 Å². The molecule has 6 atom stereocenters. The molecular weight excluding hydrogens is 320 g/mol. The first-order chi connectivity index (χ1) is 12.5. The van der Waals surface area contributed by atoms with Gasteiger partial charge < -0.3 is 9.47 Å². The largest absolute Gasteiger partial charge is 0.347 e. The summed E-state index contributed by atoms with van der Waals surface area (Å²) in [4.78, 5) is 0. The van der Waals surface area contributed by atoms with Crippen molar-refractivity contribution < 1.29 is 9.47 Å². The molecule has 148 valence electrons. The van der Waals surface area contributed by atoms with Gasteiger partial charge in [-0.3, -0.25) is 0 Å². The molecule has 0 radical (unpaired) electrons. The average Bonchev–Trinajstić information content (AvgIpc) is 3.22. The summed E-state index contributed by atoms with van der Waals surface area (Å²) in [7, 11) is 0. The summed E-state index contributed by atoms with van der Waals surface area (Å²) in [6.45, 7) is 13.2. The van der Waals surface area contributed by atoms with Gasteiger partial charge in [0.2, 0.25) is 0 Å². The summed E-state index contributed by atoms with van der Waals surface area (Å²) in [6.07, 6.45) is 13.3. The second-order valence-electron chi connectivity index (χ2n) is 9.95. The Morgan fingerprint density at radius 1 is 0.923 bits per heavy atom. The van der Waals surface area contributed by atoms with Gasteiger partial charge in [0.05, 0.1) is 13.2 Å². The van der Waals surface area contributed by atoms with E-state index in [4.69, 9.17) is 9.47 Å². The van der Waals surface area contributed by atoms with Gasteiger partial charge in [0.15, 0.2) is 5.79 Å². The Bertz CT molecular complexity index is 561. The van der Waals surface area contributed by atoms with Gasteiger partial charge in [-0.2, -0.15) is 0 Å². The van der Waals surface area contributed by atoms with E-state index in [0.717, 1.165) is 37.4 Å². The van der Waals surface area contributed by atoms with Crippen molar-refractivity contribution in [2.45, 2.75) is 91.8 Å². The SMILES string of the molecule is CC.CC1=CCC2C3CCC4C5(CCCC4(C)C3CCC12C)OCCO5. The molecule has 4 fully saturated rings. The molecule has 5 rings (SSSR count). The minimum atomic E-state index is -0.220. The fourth-order valence-electron chi connectivity index (χ4n) is 8.03. The molecule has 4 aliphatic carbocycles. The normalized spacial score (nSPS) is 48.7. The summed E-state index contributed by atoms with van der Waals surface area (Å²) in [5, 5.41) is 0. The van der Waals surface area contributed by atoms with E-state index in [1.54, 1.807) is 5.57 Å². The van der Waals surface area contributed by atoms with E-state index < -0.39 is 0 Å². The minimum absolute atomic E-state index is 0.220. The second kappa shape index (κ2) is 6.62. The van der Waals surface area contributed by atoms with Gasteiger partial charge in [-0.25, -0.2) is 0 Å². The zero-order valence-electron chi connectivity index (χ0n) is 17.8. The lowest BCUT2D eigenvalue weighted by Gasteiger charge is -2.63. The van der Waals surface area contributed by atoms with E-state index in [1.807, 2.05) is 13.8 Å². The number of ether oxygens (including phenoxy) is 2. The molecule has 1 spiro atoms. The van der Waals surface area contributed by atoms with E-state index in [9.17, 15) is 0 Å². The summed E-state index contributed by atoms with van der Waals surface area (Å²) < 4.78 is 12.6. The third-order valence-electron chi connectivity index (χ3n) is 9.39. The zero-order chi connectivity index (χ0) is 18.6. The van der Waals surface area contributed by atoms with Crippen LogP contribution in [0, 0.1) is 34.5 Å². The Kier molecular flexibility index (Phi) is 4.84. The predicted octanol–water partition coefficient (Wildman–Crippen LogP) is 6.35. The van der Waals surface area contributed by atoms with Crippen LogP contribution >= 0.6 is 0 Å². The van der Waals surface area contributed by atoms with Crippen molar-refractivity contribution in [1.29, 1.82) is 0 Å². The number of rotatable bonds is 0. The highest BCUT2D eigenvalue weighted by molar-refractivity contribution is 5.24. The van der Waals surface area contributed by atoms with Crippen LogP contribution in [0.2, 0.25) is 0 Å². The van der Waals surface area contributed by atoms with Crippen molar-refractivity contribution in [3.63, 3.8) is 0 Å². The maximum absolute atomic E-state index is 6.29. The average molecular weight is 361 g/mol. The highest BCUT2D eigenvalue weighted by atomic mass is 16.7. The van der Waals surface area contributed by atoms with Crippen LogP contribution in [0.5, 0.6) is 0 Å². The van der Waals surface area contributed by atoms with Crippen LogP contribution in [0.1, 0.15) is 86.0 Å². The smallest absolute Gasteiger partial charge is 0.171 e. The standard InChI is InChI=1S/C22H34O2.C2H6/c1-15-5-7-17-16-6-8-19-21(3,18(16)9-12-20(15,17)2)10-4-11-22(19)23-13-14-24-22;1-2/h5,16-19H,4,6-14H2,1-3H3;1-2H3. The topological polar surface area (TPSA) is 18.5 Å². The van der Waals surface area contributed by atoms with Crippen LogP contribution in [0.3, 0.4) is 0 Å². The first-order valence-electron chi connectivity index (χ1n) is 11.4. The molecule has 1 heterocycles. The Labute approximate surface area is 161 Å². The van der Waals surface area contributed by atoms with Gasteiger partial charge in [0.25, 0.3) is 0 Å². The summed E-state index contributed by atoms with van der Waals surface area (Å²) in [6, 6.07) is 0. The Hall–Kier alpha value is -0.340. The van der Waals surface area contributed by atoms with Gasteiger partial charge >= 0.3 is 0 Å². The second-order valence-corrected chi connectivity index (χ2v) is 9.95. The maximum Gasteiger partial charge on any atom is 0.171 e. The fourth-order valence-corrected chi connectivity index (χ4v) is 8.03. The molecular formula is C24H40O2. The lowest BCUT2D eigenvalue weighted by Crippen LogP contribution is -2.59. The highest BCUT2D eigenvalue weighted by Gasteiger charge is 2.63. The molecule has 0 aromatic rings. The third-order valence-corrected chi connectivity index (χ3v) is 9.39. The Morgan fingerprint density at radius 3 is 2.38 bits per heavy atom. The first-order valence-corrected chi connectivity index (χ1v) is 11.4. The predicted molar refractivity (Wildman–Crippen MR) is 107 cm³/mol. The number of fused-ring (bicyclic) bond motifs is 6. The molecule has 0 aromatic heterocycles. The van der Waals surface area contributed by atoms with Gasteiger partial charge in [0, 0.05) is 12.3 Å². The van der Waals surface area contributed by atoms with Gasteiger partial charge in [-0.05, 0) is 80.5 Å². The number of allylic oxidation sites excluding steroid dienone is 2. The number of hydrogen-bond acceptors (Lipinski definition) is 2. The van der Waals surface area contributed by atoms with Gasteiger partial charge in [-0.15, -0.1) is 0 Å². The number of hydrogen-bond donors (Lipinski definition) is 0. The maximum atomic E-state index is 6.29. The van der Waals surface area contributed by atoms with E-state index in [-0.39, 0.29) is 5.79 Å². The molecule has 0 aromatic carbocycles. The lowest BCUT2D eigenvalue weighted by atomic mass is 9.44. The quantitative estimate of drug-likeness (QED) is 0.468. The summed E-state index contributed by atoms with van der Waals surface area (Å²) in [5.74, 6) is 3.12. The van der Waals surface area contributed by atoms with Crippen molar-refractivity contribution in [3.8, 4) is 0 Å². The first kappa shape index (κ1) is 19.0. The van der Waals surface area contributed by atoms with Crippen LogP contribution in [0.25, 0.3) is 0 Å². The van der Waals surface area contributed by atoms with E-state index in [2.05, 4.69) is 26.8 Å². The van der Waals surface area contributed by atoms with Crippen molar-refractivity contribution in [1.82, 2.24) is 0 Å². The molecule has 5 aliphatic rings. The minimum Gasteiger partial charge on any atom is -0.347 e. The van der Waals surface area contributed by atoms with Crippen molar-refractivity contribution in [3.05, 3.63) is 11.6 Å². The van der Waals surface area contributed by atoms with Crippen LogP contribution in [0.15, 0.2) is 11.6 Å². The lowest BCUT2D eigenvalue weighted by molar-refractivity contribution is -0.272. The zero-order valence-corrected chi connectivity index (χ0v) is 17.8. The molecule has 6 unspecified atom stereocenters. The van der Waals surface area contributed by atoms with Crippen molar-refractivity contribution in [2.24, 2.45) is 34.5 Å². The molecule has 1 saturated heterocycles. The van der Waals surface area contributed by atoms with Crippen LogP contribution in [0.4, 0.5) is 0 Å². The molecule has 0 amide bonds. The fraction of sp³-hybridized carbons (Fsp3) is 0.917. The van der Waals surface area contributed by atoms with Crippen LogP contribution < -0.4 is 0 Å².